The van der Waals surface area contributed by atoms with Crippen LogP contribution in [0.2, 0.25) is 5.02 Å². The van der Waals surface area contributed by atoms with Gasteiger partial charge in [0.25, 0.3) is 0 Å². The molecule has 0 radical (unpaired) electrons. The second-order valence-corrected chi connectivity index (χ2v) is 3.13. The third-order valence-electron chi connectivity index (χ3n) is 1.36. The van der Waals surface area contributed by atoms with Gasteiger partial charge in [0.1, 0.15) is 0 Å². The van der Waals surface area contributed by atoms with E-state index >= 15 is 0 Å². The van der Waals surface area contributed by atoms with Gasteiger partial charge in [-0.15, -0.1) is 0 Å². The quantitative estimate of drug-likeness (QED) is 0.458. The molecule has 1 aromatic carbocycles. The van der Waals surface area contributed by atoms with E-state index in [4.69, 9.17) is 28.4 Å². The zero-order chi connectivity index (χ0) is 9.68. The maximum atomic E-state index is 8.25. The van der Waals surface area contributed by atoms with E-state index in [9.17, 15) is 0 Å². The highest BCUT2D eigenvalue weighted by Gasteiger charge is 1.90. The van der Waals surface area contributed by atoms with Gasteiger partial charge in [-0.25, -0.2) is 0 Å². The minimum Gasteiger partial charge on any atom is -0.410 e. The summed E-state index contributed by atoms with van der Waals surface area (Å²) in [6.07, 6.45) is 3.18. The highest BCUT2D eigenvalue weighted by Crippen LogP contribution is 2.11. The first kappa shape index (κ1) is 10.1. The smallest absolute Gasteiger partial charge is 0.168 e. The third-order valence-corrected chi connectivity index (χ3v) is 1.79. The van der Waals surface area contributed by atoms with Crippen LogP contribution in [-0.2, 0) is 0 Å². The molecule has 0 aliphatic carbocycles. The molecular weight excluding hydrogens is 209 g/mol. The summed E-state index contributed by atoms with van der Waals surface area (Å²) in [5, 5.41) is 11.7. The Bertz CT molecular complexity index is 347. The van der Waals surface area contributed by atoms with E-state index in [0.717, 1.165) is 5.56 Å². The van der Waals surface area contributed by atoms with Crippen molar-refractivity contribution in [2.24, 2.45) is 5.16 Å². The Labute approximate surface area is 86.1 Å². The van der Waals surface area contributed by atoms with Gasteiger partial charge >= 0.3 is 0 Å². The number of hydrogen-bond donors (Lipinski definition) is 1. The van der Waals surface area contributed by atoms with Crippen LogP contribution in [0.3, 0.4) is 0 Å². The summed E-state index contributed by atoms with van der Waals surface area (Å²) >= 11 is 11.2. The van der Waals surface area contributed by atoms with E-state index in [0.29, 0.717) is 5.02 Å². The number of oxime groups is 1. The van der Waals surface area contributed by atoms with Gasteiger partial charge in [-0.1, -0.05) is 46.6 Å². The summed E-state index contributed by atoms with van der Waals surface area (Å²) in [5.74, 6) is 0. The van der Waals surface area contributed by atoms with Gasteiger partial charge in [0, 0.05) is 5.02 Å². The summed E-state index contributed by atoms with van der Waals surface area (Å²) in [6.45, 7) is 0. The van der Waals surface area contributed by atoms with Gasteiger partial charge in [-0.05, 0) is 23.8 Å². The molecule has 0 amide bonds. The standard InChI is InChI=1S/C9H7Cl2NO/c10-8-3-1-2-7(6-8)4-5-9(11)12-13/h1-6,13H/b5-4+,12-9-. The lowest BCUT2D eigenvalue weighted by Crippen LogP contribution is -1.78. The molecule has 68 valence electrons. The van der Waals surface area contributed by atoms with Crippen LogP contribution in [0.25, 0.3) is 6.08 Å². The molecule has 0 saturated heterocycles. The van der Waals surface area contributed by atoms with Gasteiger partial charge in [-0.3, -0.25) is 0 Å². The van der Waals surface area contributed by atoms with Gasteiger partial charge in [-0.2, -0.15) is 0 Å². The molecule has 2 nitrogen and oxygen atoms in total. The number of rotatable bonds is 2. The van der Waals surface area contributed by atoms with Gasteiger partial charge in [0.2, 0.25) is 0 Å². The molecule has 13 heavy (non-hydrogen) atoms. The number of halogens is 2. The molecule has 0 aliphatic rings. The highest BCUT2D eigenvalue weighted by molar-refractivity contribution is 6.68. The van der Waals surface area contributed by atoms with Gasteiger partial charge in [0.05, 0.1) is 0 Å². The lowest BCUT2D eigenvalue weighted by atomic mass is 10.2. The lowest BCUT2D eigenvalue weighted by molar-refractivity contribution is 0.321. The fourth-order valence-corrected chi connectivity index (χ4v) is 1.07. The van der Waals surface area contributed by atoms with E-state index in [1.807, 2.05) is 12.1 Å². The first-order valence-electron chi connectivity index (χ1n) is 3.53. The molecule has 0 saturated carbocycles. The van der Waals surface area contributed by atoms with Crippen LogP contribution in [0.1, 0.15) is 5.56 Å². The monoisotopic (exact) mass is 215 g/mol. The topological polar surface area (TPSA) is 32.6 Å². The van der Waals surface area contributed by atoms with Crippen LogP contribution in [0.15, 0.2) is 35.5 Å². The van der Waals surface area contributed by atoms with E-state index in [2.05, 4.69) is 5.16 Å². The minimum absolute atomic E-state index is 0.0278. The maximum Gasteiger partial charge on any atom is 0.168 e. The predicted molar refractivity (Wildman–Crippen MR) is 55.6 cm³/mol. The van der Waals surface area contributed by atoms with Crippen molar-refractivity contribution in [2.45, 2.75) is 0 Å². The molecule has 0 aromatic heterocycles. The molecule has 1 rings (SSSR count). The Hall–Kier alpha value is -0.990. The second-order valence-electron chi connectivity index (χ2n) is 2.31. The van der Waals surface area contributed by atoms with Crippen LogP contribution in [0.4, 0.5) is 0 Å². The number of hydrogen-bond acceptors (Lipinski definition) is 2. The van der Waals surface area contributed by atoms with E-state index in [-0.39, 0.29) is 5.17 Å². The average Bonchev–Trinajstić information content (AvgIpc) is 2.14. The normalized spacial score (nSPS) is 12.3. The Kier molecular flexibility index (Phi) is 3.80. The van der Waals surface area contributed by atoms with E-state index in [1.54, 1.807) is 18.2 Å². The summed E-state index contributed by atoms with van der Waals surface area (Å²) in [6, 6.07) is 7.25. The summed E-state index contributed by atoms with van der Waals surface area (Å²) < 4.78 is 0. The second kappa shape index (κ2) is 4.90. The zero-order valence-electron chi connectivity index (χ0n) is 6.61. The molecular formula is C9H7Cl2NO. The van der Waals surface area contributed by atoms with Crippen LogP contribution in [0.5, 0.6) is 0 Å². The van der Waals surface area contributed by atoms with Crippen LogP contribution in [0, 0.1) is 0 Å². The fraction of sp³-hybridized carbons (Fsp3) is 0. The molecule has 4 heteroatoms. The maximum absolute atomic E-state index is 8.25. The zero-order valence-corrected chi connectivity index (χ0v) is 8.13. The summed E-state index contributed by atoms with van der Waals surface area (Å²) in [5.41, 5.74) is 0.898. The first-order chi connectivity index (χ1) is 6.22. The van der Waals surface area contributed by atoms with Gasteiger partial charge < -0.3 is 5.21 Å². The molecule has 0 spiro atoms. The Balaban J connectivity index is 2.80. The summed E-state index contributed by atoms with van der Waals surface area (Å²) in [4.78, 5) is 0. The molecule has 0 bridgehead atoms. The molecule has 1 aromatic rings. The SMILES string of the molecule is O/N=C(Cl)/C=C/c1cccc(Cl)c1. The molecule has 1 N–H and O–H groups in total. The highest BCUT2D eigenvalue weighted by atomic mass is 35.5. The summed E-state index contributed by atoms with van der Waals surface area (Å²) in [7, 11) is 0. The lowest BCUT2D eigenvalue weighted by Gasteiger charge is -1.92. The van der Waals surface area contributed by atoms with E-state index in [1.165, 1.54) is 6.08 Å². The van der Waals surface area contributed by atoms with Crippen LogP contribution in [-0.4, -0.2) is 10.4 Å². The van der Waals surface area contributed by atoms with E-state index < -0.39 is 0 Å². The molecule has 0 aliphatic heterocycles. The van der Waals surface area contributed by atoms with Gasteiger partial charge in [0.15, 0.2) is 5.17 Å². The van der Waals surface area contributed by atoms with Crippen molar-refractivity contribution >= 4 is 34.4 Å². The Morgan fingerprint density at radius 1 is 1.46 bits per heavy atom. The number of allylic oxidation sites excluding steroid dienone is 1. The number of benzene rings is 1. The molecule has 0 heterocycles. The van der Waals surface area contributed by atoms with Crippen LogP contribution < -0.4 is 0 Å². The van der Waals surface area contributed by atoms with Crippen molar-refractivity contribution in [2.75, 3.05) is 0 Å². The van der Waals surface area contributed by atoms with Crippen molar-refractivity contribution in [1.29, 1.82) is 0 Å². The van der Waals surface area contributed by atoms with Crippen LogP contribution >= 0.6 is 23.2 Å². The third kappa shape index (κ3) is 3.49. The predicted octanol–water partition coefficient (Wildman–Crippen LogP) is 3.38. The molecule has 0 unspecified atom stereocenters. The Morgan fingerprint density at radius 3 is 2.85 bits per heavy atom. The van der Waals surface area contributed by atoms with Crippen molar-refractivity contribution in [3.8, 4) is 0 Å². The average molecular weight is 216 g/mol. The fourth-order valence-electron chi connectivity index (χ4n) is 0.809. The molecule has 0 fully saturated rings. The number of nitrogens with zero attached hydrogens (tertiary/aromatic N) is 1. The Morgan fingerprint density at radius 2 is 2.23 bits per heavy atom. The molecule has 0 atom stereocenters. The van der Waals surface area contributed by atoms with Crippen molar-refractivity contribution in [3.63, 3.8) is 0 Å². The van der Waals surface area contributed by atoms with Crippen molar-refractivity contribution in [3.05, 3.63) is 40.9 Å². The van der Waals surface area contributed by atoms with Crippen molar-refractivity contribution in [1.82, 2.24) is 0 Å². The first-order valence-corrected chi connectivity index (χ1v) is 4.29. The van der Waals surface area contributed by atoms with Crippen molar-refractivity contribution < 1.29 is 5.21 Å². The largest absolute Gasteiger partial charge is 0.410 e. The minimum atomic E-state index is 0.0278.